The number of hydrogen-bond donors (Lipinski definition) is 1. The largest absolute Gasteiger partial charge is 0.476 e. The zero-order valence-electron chi connectivity index (χ0n) is 16.8. The summed E-state index contributed by atoms with van der Waals surface area (Å²) in [5.41, 5.74) is -1.38. The Morgan fingerprint density at radius 2 is 1.81 bits per heavy atom. The van der Waals surface area contributed by atoms with Crippen molar-refractivity contribution in [3.8, 4) is 0 Å². The van der Waals surface area contributed by atoms with E-state index in [1.54, 1.807) is 9.80 Å². The predicted molar refractivity (Wildman–Crippen MR) is 103 cm³/mol. The van der Waals surface area contributed by atoms with Gasteiger partial charge in [0.25, 0.3) is 5.91 Å². The molecule has 168 valence electrons. The van der Waals surface area contributed by atoms with E-state index in [1.165, 1.54) is 12.1 Å². The van der Waals surface area contributed by atoms with Gasteiger partial charge in [0, 0.05) is 32.0 Å². The van der Waals surface area contributed by atoms with Crippen molar-refractivity contribution >= 4 is 17.8 Å². The number of fused-ring (bicyclic) bond motifs is 1. The van der Waals surface area contributed by atoms with Crippen molar-refractivity contribution in [2.75, 3.05) is 18.0 Å². The summed E-state index contributed by atoms with van der Waals surface area (Å²) in [6.07, 6.45) is 2.04. The van der Waals surface area contributed by atoms with Gasteiger partial charge in [-0.3, -0.25) is 4.79 Å². The maximum absolute atomic E-state index is 13.7. The van der Waals surface area contributed by atoms with E-state index in [-0.39, 0.29) is 11.9 Å². The molecule has 1 amide bonds. The number of hydrogen-bond acceptors (Lipinski definition) is 6. The SMILES string of the molecule is O=C(O)c1nc(N2CCC3(CC2)OC2CC[C@@H](c4cc(F)cc(F)c4)N2C3=O)ncc1F. The van der Waals surface area contributed by atoms with Crippen LogP contribution in [0.1, 0.15) is 47.8 Å². The Morgan fingerprint density at radius 3 is 2.47 bits per heavy atom. The van der Waals surface area contributed by atoms with Crippen LogP contribution >= 0.6 is 0 Å². The van der Waals surface area contributed by atoms with E-state index in [2.05, 4.69) is 9.97 Å². The number of nitrogens with zero attached hydrogens (tertiary/aromatic N) is 4. The summed E-state index contributed by atoms with van der Waals surface area (Å²) in [7, 11) is 0. The Hall–Kier alpha value is -3.21. The van der Waals surface area contributed by atoms with Gasteiger partial charge in [-0.05, 0) is 30.5 Å². The van der Waals surface area contributed by atoms with Gasteiger partial charge in [0.1, 0.15) is 17.9 Å². The molecule has 11 heteroatoms. The van der Waals surface area contributed by atoms with Crippen molar-refractivity contribution in [3.05, 3.63) is 53.1 Å². The lowest BCUT2D eigenvalue weighted by Crippen LogP contribution is -2.50. The van der Waals surface area contributed by atoms with E-state index < -0.39 is 47.0 Å². The lowest BCUT2D eigenvalue weighted by atomic mass is 9.89. The minimum Gasteiger partial charge on any atom is -0.476 e. The summed E-state index contributed by atoms with van der Waals surface area (Å²) < 4.78 is 47.2. The predicted octanol–water partition coefficient (Wildman–Crippen LogP) is 2.65. The number of aromatic nitrogens is 2. The summed E-state index contributed by atoms with van der Waals surface area (Å²) in [4.78, 5) is 35.4. The number of carboxylic acid groups (broad SMARTS) is 1. The number of benzene rings is 1. The third-order valence-electron chi connectivity index (χ3n) is 6.38. The van der Waals surface area contributed by atoms with Gasteiger partial charge in [-0.1, -0.05) is 0 Å². The van der Waals surface area contributed by atoms with E-state index in [4.69, 9.17) is 9.84 Å². The molecular formula is C21H19F3N4O4. The molecule has 3 aliphatic rings. The van der Waals surface area contributed by atoms with E-state index in [0.717, 1.165) is 12.3 Å². The molecule has 3 aliphatic heterocycles. The van der Waals surface area contributed by atoms with Crippen LogP contribution in [0, 0.1) is 17.5 Å². The molecule has 0 aliphatic carbocycles. The molecule has 0 radical (unpaired) electrons. The zero-order chi connectivity index (χ0) is 22.6. The first-order chi connectivity index (χ1) is 15.3. The van der Waals surface area contributed by atoms with Gasteiger partial charge in [-0.2, -0.15) is 0 Å². The number of halogens is 3. The molecule has 2 atom stereocenters. The lowest BCUT2D eigenvalue weighted by molar-refractivity contribution is -0.140. The summed E-state index contributed by atoms with van der Waals surface area (Å²) in [5, 5.41) is 9.07. The van der Waals surface area contributed by atoms with Crippen molar-refractivity contribution in [2.45, 2.75) is 43.6 Å². The molecule has 1 aromatic carbocycles. The van der Waals surface area contributed by atoms with Crippen molar-refractivity contribution in [3.63, 3.8) is 0 Å². The Morgan fingerprint density at radius 1 is 1.12 bits per heavy atom. The molecular weight excluding hydrogens is 429 g/mol. The second-order valence-electron chi connectivity index (χ2n) is 8.23. The number of rotatable bonds is 3. The fourth-order valence-corrected chi connectivity index (χ4v) is 4.87. The topological polar surface area (TPSA) is 95.9 Å². The average Bonchev–Trinajstić information content (AvgIpc) is 3.26. The van der Waals surface area contributed by atoms with Crippen LogP contribution < -0.4 is 4.90 Å². The quantitative estimate of drug-likeness (QED) is 0.771. The second-order valence-corrected chi connectivity index (χ2v) is 8.23. The highest BCUT2D eigenvalue weighted by atomic mass is 19.1. The standard InChI is InChI=1S/C21H19F3N4O4/c22-12-7-11(8-13(23)9-12)15-1-2-16-28(15)19(31)21(32-16)3-5-27(6-4-21)20-25-10-14(24)17(26-20)18(29)30/h7-10,15-16H,1-6H2,(H,29,30)/t15-,16?/m0/s1. The van der Waals surface area contributed by atoms with E-state index in [1.807, 2.05) is 0 Å². The van der Waals surface area contributed by atoms with Gasteiger partial charge in [-0.25, -0.2) is 27.9 Å². The highest BCUT2D eigenvalue weighted by Gasteiger charge is 2.58. The van der Waals surface area contributed by atoms with Crippen molar-refractivity contribution < 1.29 is 32.6 Å². The average molecular weight is 448 g/mol. The van der Waals surface area contributed by atoms with Gasteiger partial charge in [0.15, 0.2) is 17.1 Å². The van der Waals surface area contributed by atoms with Crippen LogP contribution in [0.2, 0.25) is 0 Å². The molecule has 1 aromatic heterocycles. The minimum absolute atomic E-state index is 0.0673. The molecule has 5 rings (SSSR count). The number of carbonyl (C=O) groups excluding carboxylic acids is 1. The van der Waals surface area contributed by atoms with Gasteiger partial charge < -0.3 is 19.6 Å². The number of amides is 1. The number of piperidine rings is 1. The van der Waals surface area contributed by atoms with Crippen LogP contribution in [0.5, 0.6) is 0 Å². The van der Waals surface area contributed by atoms with Crippen LogP contribution in [0.15, 0.2) is 24.4 Å². The first kappa shape index (κ1) is 20.7. The lowest BCUT2D eigenvalue weighted by Gasteiger charge is -2.37. The van der Waals surface area contributed by atoms with Crippen molar-refractivity contribution in [2.24, 2.45) is 0 Å². The summed E-state index contributed by atoms with van der Waals surface area (Å²) in [6.45, 7) is 0.604. The molecule has 8 nitrogen and oxygen atoms in total. The Labute approximate surface area is 180 Å². The van der Waals surface area contributed by atoms with Crippen LogP contribution in [0.4, 0.5) is 19.1 Å². The number of ether oxygens (including phenoxy) is 1. The normalized spacial score (nSPS) is 24.3. The minimum atomic E-state index is -1.49. The van der Waals surface area contributed by atoms with Gasteiger partial charge in [-0.15, -0.1) is 0 Å². The molecule has 1 N–H and O–H groups in total. The Kier molecular flexibility index (Phi) is 4.81. The number of anilines is 1. The fraction of sp³-hybridized carbons (Fsp3) is 0.429. The third-order valence-corrected chi connectivity index (χ3v) is 6.38. The van der Waals surface area contributed by atoms with E-state index in [0.29, 0.717) is 44.3 Å². The van der Waals surface area contributed by atoms with Crippen LogP contribution in [-0.2, 0) is 9.53 Å². The van der Waals surface area contributed by atoms with E-state index in [9.17, 15) is 22.8 Å². The molecule has 3 fully saturated rings. The second kappa shape index (κ2) is 7.44. The Bertz CT molecular complexity index is 1090. The van der Waals surface area contributed by atoms with Gasteiger partial charge >= 0.3 is 5.97 Å². The summed E-state index contributed by atoms with van der Waals surface area (Å²) in [6, 6.07) is 2.81. The first-order valence-electron chi connectivity index (χ1n) is 10.2. The first-order valence-corrected chi connectivity index (χ1v) is 10.2. The fourth-order valence-electron chi connectivity index (χ4n) is 4.87. The van der Waals surface area contributed by atoms with Crippen LogP contribution in [0.3, 0.4) is 0 Å². The molecule has 3 saturated heterocycles. The molecule has 0 bridgehead atoms. The molecule has 2 aromatic rings. The summed E-state index contributed by atoms with van der Waals surface area (Å²) >= 11 is 0. The van der Waals surface area contributed by atoms with Crippen molar-refractivity contribution in [1.29, 1.82) is 0 Å². The smallest absolute Gasteiger partial charge is 0.357 e. The Balaban J connectivity index is 1.34. The number of carbonyl (C=O) groups is 2. The van der Waals surface area contributed by atoms with Crippen LogP contribution in [-0.4, -0.2) is 56.8 Å². The number of carboxylic acids is 1. The number of aromatic carboxylic acids is 1. The van der Waals surface area contributed by atoms with Crippen molar-refractivity contribution in [1.82, 2.24) is 14.9 Å². The van der Waals surface area contributed by atoms with Crippen LogP contribution in [0.25, 0.3) is 0 Å². The molecule has 0 saturated carbocycles. The van der Waals surface area contributed by atoms with Gasteiger partial charge in [0.2, 0.25) is 5.95 Å². The molecule has 4 heterocycles. The third kappa shape index (κ3) is 3.27. The van der Waals surface area contributed by atoms with Gasteiger partial charge in [0.05, 0.1) is 12.2 Å². The maximum Gasteiger partial charge on any atom is 0.357 e. The highest BCUT2D eigenvalue weighted by molar-refractivity contribution is 5.88. The molecule has 1 spiro atoms. The zero-order valence-corrected chi connectivity index (χ0v) is 16.8. The van der Waals surface area contributed by atoms with E-state index >= 15 is 0 Å². The summed E-state index contributed by atoms with van der Waals surface area (Å²) in [5.74, 6) is -4.06. The monoisotopic (exact) mass is 448 g/mol. The highest BCUT2D eigenvalue weighted by Crippen LogP contribution is 2.47. The molecule has 1 unspecified atom stereocenters. The maximum atomic E-state index is 13.7. The molecule has 32 heavy (non-hydrogen) atoms.